The molecule has 3 nitrogen and oxygen atoms in total. The summed E-state index contributed by atoms with van der Waals surface area (Å²) < 4.78 is 0. The molecular formula is C12H16O3. The van der Waals surface area contributed by atoms with Crippen LogP contribution in [0.4, 0.5) is 0 Å². The molecule has 1 aromatic rings. The number of rotatable bonds is 4. The summed E-state index contributed by atoms with van der Waals surface area (Å²) in [6.07, 6.45) is 0.960. The molecular weight excluding hydrogens is 192 g/mol. The highest BCUT2D eigenvalue weighted by atomic mass is 16.4. The van der Waals surface area contributed by atoms with Crippen molar-refractivity contribution in [2.75, 3.05) is 0 Å². The van der Waals surface area contributed by atoms with Gasteiger partial charge in [-0.15, -0.1) is 0 Å². The van der Waals surface area contributed by atoms with Crippen molar-refractivity contribution in [3.63, 3.8) is 0 Å². The van der Waals surface area contributed by atoms with Crippen LogP contribution in [-0.4, -0.2) is 16.2 Å². The molecule has 0 bridgehead atoms. The molecule has 82 valence electrons. The number of benzene rings is 1. The van der Waals surface area contributed by atoms with Crippen molar-refractivity contribution in [1.29, 1.82) is 0 Å². The lowest BCUT2D eigenvalue weighted by Gasteiger charge is -2.11. The summed E-state index contributed by atoms with van der Waals surface area (Å²) in [5, 5.41) is 18.5. The van der Waals surface area contributed by atoms with Gasteiger partial charge in [0.15, 0.2) is 0 Å². The number of carbonyl (C=O) groups is 1. The van der Waals surface area contributed by atoms with E-state index >= 15 is 0 Å². The fourth-order valence-electron chi connectivity index (χ4n) is 1.55. The Morgan fingerprint density at radius 3 is 2.67 bits per heavy atom. The first-order valence-corrected chi connectivity index (χ1v) is 5.06. The molecule has 0 aliphatic heterocycles. The van der Waals surface area contributed by atoms with Crippen LogP contribution in [0, 0.1) is 12.8 Å². The monoisotopic (exact) mass is 208 g/mol. The zero-order chi connectivity index (χ0) is 11.4. The number of hydrogen-bond donors (Lipinski definition) is 2. The van der Waals surface area contributed by atoms with Crippen molar-refractivity contribution >= 4 is 5.97 Å². The molecule has 15 heavy (non-hydrogen) atoms. The summed E-state index contributed by atoms with van der Waals surface area (Å²) in [5.74, 6) is -1.04. The Labute approximate surface area is 89.4 Å². The first-order chi connectivity index (χ1) is 7.04. The van der Waals surface area contributed by atoms with E-state index in [1.165, 1.54) is 0 Å². The number of hydrogen-bond acceptors (Lipinski definition) is 2. The maximum Gasteiger partial charge on any atom is 0.306 e. The van der Waals surface area contributed by atoms with Gasteiger partial charge in [-0.25, -0.2) is 0 Å². The summed E-state index contributed by atoms with van der Waals surface area (Å²) in [7, 11) is 0. The van der Waals surface area contributed by atoms with E-state index in [0.29, 0.717) is 18.4 Å². The minimum Gasteiger partial charge on any atom is -0.508 e. The van der Waals surface area contributed by atoms with E-state index in [-0.39, 0.29) is 5.75 Å². The van der Waals surface area contributed by atoms with Gasteiger partial charge in [-0.1, -0.05) is 24.6 Å². The second-order valence-electron chi connectivity index (χ2n) is 3.78. The zero-order valence-corrected chi connectivity index (χ0v) is 9.03. The SMILES string of the molecule is CCC(Cc1cc(C)ccc1O)C(=O)O. The molecule has 0 aliphatic carbocycles. The third-order valence-corrected chi connectivity index (χ3v) is 2.54. The molecule has 0 heterocycles. The highest BCUT2D eigenvalue weighted by molar-refractivity contribution is 5.70. The molecule has 0 radical (unpaired) electrons. The molecule has 2 N–H and O–H groups in total. The van der Waals surface area contributed by atoms with Gasteiger partial charge in [0.2, 0.25) is 0 Å². The molecule has 0 spiro atoms. The van der Waals surface area contributed by atoms with Crippen LogP contribution in [0.3, 0.4) is 0 Å². The Balaban J connectivity index is 2.87. The molecule has 1 rings (SSSR count). The Morgan fingerprint density at radius 2 is 2.13 bits per heavy atom. The van der Waals surface area contributed by atoms with Gasteiger partial charge in [0.25, 0.3) is 0 Å². The van der Waals surface area contributed by atoms with Gasteiger partial charge in [-0.3, -0.25) is 4.79 Å². The molecule has 0 saturated carbocycles. The smallest absolute Gasteiger partial charge is 0.306 e. The second-order valence-corrected chi connectivity index (χ2v) is 3.78. The lowest BCUT2D eigenvalue weighted by Crippen LogP contribution is -2.15. The highest BCUT2D eigenvalue weighted by Gasteiger charge is 2.17. The first kappa shape index (κ1) is 11.6. The molecule has 1 atom stereocenters. The largest absolute Gasteiger partial charge is 0.508 e. The fourth-order valence-corrected chi connectivity index (χ4v) is 1.55. The van der Waals surface area contributed by atoms with E-state index < -0.39 is 11.9 Å². The number of phenolic OH excluding ortho intramolecular Hbond substituents is 1. The predicted molar refractivity (Wildman–Crippen MR) is 58.0 cm³/mol. The third kappa shape index (κ3) is 2.98. The van der Waals surface area contributed by atoms with Gasteiger partial charge >= 0.3 is 5.97 Å². The molecule has 0 amide bonds. The molecule has 0 saturated heterocycles. The third-order valence-electron chi connectivity index (χ3n) is 2.54. The molecule has 1 unspecified atom stereocenters. The predicted octanol–water partition coefficient (Wildman–Crippen LogP) is 2.35. The molecule has 0 aliphatic rings. The Bertz CT molecular complexity index is 358. The lowest BCUT2D eigenvalue weighted by atomic mass is 9.95. The van der Waals surface area contributed by atoms with Crippen LogP contribution in [-0.2, 0) is 11.2 Å². The van der Waals surface area contributed by atoms with Crippen molar-refractivity contribution in [2.24, 2.45) is 5.92 Å². The Morgan fingerprint density at radius 1 is 1.47 bits per heavy atom. The fraction of sp³-hybridized carbons (Fsp3) is 0.417. The van der Waals surface area contributed by atoms with E-state index in [2.05, 4.69) is 0 Å². The number of carboxylic acids is 1. The van der Waals surface area contributed by atoms with Gasteiger partial charge in [0.1, 0.15) is 5.75 Å². The van der Waals surface area contributed by atoms with Gasteiger partial charge in [0.05, 0.1) is 5.92 Å². The number of aromatic hydroxyl groups is 1. The minimum absolute atomic E-state index is 0.181. The average molecular weight is 208 g/mol. The summed E-state index contributed by atoms with van der Waals surface area (Å²) in [5.41, 5.74) is 1.74. The summed E-state index contributed by atoms with van der Waals surface area (Å²) in [6.45, 7) is 3.76. The minimum atomic E-state index is -0.807. The Kier molecular flexibility index (Phi) is 3.72. The van der Waals surface area contributed by atoms with E-state index in [1.807, 2.05) is 19.9 Å². The maximum absolute atomic E-state index is 10.8. The van der Waals surface area contributed by atoms with Crippen LogP contribution < -0.4 is 0 Å². The van der Waals surface area contributed by atoms with E-state index in [0.717, 1.165) is 5.56 Å². The van der Waals surface area contributed by atoms with E-state index in [1.54, 1.807) is 12.1 Å². The van der Waals surface area contributed by atoms with Gasteiger partial charge in [0, 0.05) is 0 Å². The zero-order valence-electron chi connectivity index (χ0n) is 9.03. The average Bonchev–Trinajstić information content (AvgIpc) is 2.18. The molecule has 0 fully saturated rings. The number of aliphatic carboxylic acids is 1. The van der Waals surface area contributed by atoms with Crippen LogP contribution in [0.5, 0.6) is 5.75 Å². The van der Waals surface area contributed by atoms with Gasteiger partial charge in [-0.2, -0.15) is 0 Å². The van der Waals surface area contributed by atoms with Crippen LogP contribution in [0.15, 0.2) is 18.2 Å². The topological polar surface area (TPSA) is 57.5 Å². The lowest BCUT2D eigenvalue weighted by molar-refractivity contribution is -0.141. The first-order valence-electron chi connectivity index (χ1n) is 5.06. The van der Waals surface area contributed by atoms with Crippen molar-refractivity contribution in [1.82, 2.24) is 0 Å². The quantitative estimate of drug-likeness (QED) is 0.798. The normalized spacial score (nSPS) is 12.4. The number of phenols is 1. The van der Waals surface area contributed by atoms with Crippen LogP contribution in [0.1, 0.15) is 24.5 Å². The van der Waals surface area contributed by atoms with Crippen molar-refractivity contribution in [3.8, 4) is 5.75 Å². The molecule has 3 heteroatoms. The standard InChI is InChI=1S/C12H16O3/c1-3-9(12(14)15)7-10-6-8(2)4-5-11(10)13/h4-6,9,13H,3,7H2,1-2H3,(H,14,15). The Hall–Kier alpha value is -1.51. The van der Waals surface area contributed by atoms with Gasteiger partial charge in [-0.05, 0) is 31.4 Å². The van der Waals surface area contributed by atoms with Crippen molar-refractivity contribution in [2.45, 2.75) is 26.7 Å². The maximum atomic E-state index is 10.8. The van der Waals surface area contributed by atoms with Crippen LogP contribution in [0.2, 0.25) is 0 Å². The molecule has 1 aromatic carbocycles. The second kappa shape index (κ2) is 4.82. The van der Waals surface area contributed by atoms with Crippen molar-refractivity contribution < 1.29 is 15.0 Å². The summed E-state index contributed by atoms with van der Waals surface area (Å²) >= 11 is 0. The number of carboxylic acid groups (broad SMARTS) is 1. The van der Waals surface area contributed by atoms with E-state index in [4.69, 9.17) is 5.11 Å². The summed E-state index contributed by atoms with van der Waals surface area (Å²) in [4.78, 5) is 10.8. The van der Waals surface area contributed by atoms with Crippen LogP contribution in [0.25, 0.3) is 0 Å². The van der Waals surface area contributed by atoms with E-state index in [9.17, 15) is 9.90 Å². The van der Waals surface area contributed by atoms with Crippen LogP contribution >= 0.6 is 0 Å². The summed E-state index contributed by atoms with van der Waals surface area (Å²) in [6, 6.07) is 5.25. The van der Waals surface area contributed by atoms with Gasteiger partial charge < -0.3 is 10.2 Å². The van der Waals surface area contributed by atoms with Crippen molar-refractivity contribution in [3.05, 3.63) is 29.3 Å². The highest BCUT2D eigenvalue weighted by Crippen LogP contribution is 2.22. The molecule has 0 aromatic heterocycles. The number of aryl methyl sites for hydroxylation is 1.